The van der Waals surface area contributed by atoms with Crippen LogP contribution in [0.4, 0.5) is 0 Å². The number of hydrogen-bond donors (Lipinski definition) is 4. The Balaban J connectivity index is 1.07. The lowest BCUT2D eigenvalue weighted by atomic mass is 9.49. The van der Waals surface area contributed by atoms with Gasteiger partial charge in [0.15, 0.2) is 11.8 Å². The van der Waals surface area contributed by atoms with Gasteiger partial charge in [-0.05, 0) is 86.2 Å². The number of amides is 1. The summed E-state index contributed by atoms with van der Waals surface area (Å²) in [6.07, 6.45) is 9.95. The average molecular weight is 556 g/mol. The van der Waals surface area contributed by atoms with Gasteiger partial charge >= 0.3 is 0 Å². The summed E-state index contributed by atoms with van der Waals surface area (Å²) in [5.41, 5.74) is 6.34. The van der Waals surface area contributed by atoms with E-state index in [0.717, 1.165) is 35.7 Å². The molecule has 8 rings (SSSR count). The van der Waals surface area contributed by atoms with Crippen LogP contribution in [0.1, 0.15) is 51.4 Å². The normalized spacial score (nSPS) is 34.8. The summed E-state index contributed by atoms with van der Waals surface area (Å²) in [6.45, 7) is 0.935. The van der Waals surface area contributed by atoms with E-state index in [1.54, 1.807) is 0 Å². The van der Waals surface area contributed by atoms with E-state index in [0.29, 0.717) is 24.9 Å². The summed E-state index contributed by atoms with van der Waals surface area (Å²) in [5, 5.41) is 23.1. The van der Waals surface area contributed by atoms with Gasteiger partial charge in [0.25, 0.3) is 0 Å². The number of sulfonamides is 1. The number of hydrogen-bond acceptors (Lipinski definition) is 7. The maximum atomic E-state index is 13.6. The molecule has 2 aromatic rings. The summed E-state index contributed by atoms with van der Waals surface area (Å²) in [5.74, 6) is 1.86. The Morgan fingerprint density at radius 3 is 2.21 bits per heavy atom. The molecule has 1 saturated heterocycles. The first-order chi connectivity index (χ1) is 18.6. The second-order valence-electron chi connectivity index (χ2n) is 12.9. The molecule has 0 radical (unpaired) electrons. The van der Waals surface area contributed by atoms with Gasteiger partial charge in [-0.3, -0.25) is 4.79 Å². The molecule has 11 heteroatoms. The molecule has 1 aliphatic heterocycles. The summed E-state index contributed by atoms with van der Waals surface area (Å²) in [4.78, 5) is 17.8. The maximum absolute atomic E-state index is 13.6. The third kappa shape index (κ3) is 3.83. The van der Waals surface area contributed by atoms with Crippen molar-refractivity contribution in [3.63, 3.8) is 0 Å². The van der Waals surface area contributed by atoms with E-state index in [1.807, 2.05) is 0 Å². The standard InChI is InChI=1S/C28H37N5O5S/c29-28(19-9-17-8-18(11-19)12-20(28)10-17)15-31-26(36)22-14-32(16-27(22)6-1-7-27)39(37,38)21-2-3-23(30-13-21)33-24(34)4-5-25(33)35/h2-5,13,17-20,22,34-35H,1,6-12,14-16,29H2,(H,31,36). The van der Waals surface area contributed by atoms with Gasteiger partial charge in [0.05, 0.1) is 5.92 Å². The van der Waals surface area contributed by atoms with Crippen LogP contribution in [0.2, 0.25) is 0 Å². The van der Waals surface area contributed by atoms with Crippen molar-refractivity contribution in [2.75, 3.05) is 19.6 Å². The second-order valence-corrected chi connectivity index (χ2v) is 14.9. The largest absolute Gasteiger partial charge is 0.494 e. The fourth-order valence-electron chi connectivity index (χ4n) is 8.78. The van der Waals surface area contributed by atoms with E-state index in [1.165, 1.54) is 66.9 Å². The number of nitrogens with one attached hydrogen (secondary N) is 1. The highest BCUT2D eigenvalue weighted by Crippen LogP contribution is 2.57. The number of aromatic nitrogens is 2. The molecule has 1 amide bonds. The molecule has 1 unspecified atom stereocenters. The van der Waals surface area contributed by atoms with Crippen LogP contribution in [0, 0.1) is 35.0 Å². The molecule has 5 N–H and O–H groups in total. The Morgan fingerprint density at radius 1 is 1.03 bits per heavy atom. The molecule has 3 heterocycles. The summed E-state index contributed by atoms with van der Waals surface area (Å²) >= 11 is 0. The van der Waals surface area contributed by atoms with Gasteiger partial charge in [-0.15, -0.1) is 0 Å². The fraction of sp³-hybridized carbons (Fsp3) is 0.643. The zero-order valence-corrected chi connectivity index (χ0v) is 22.8. The van der Waals surface area contributed by atoms with E-state index >= 15 is 0 Å². The molecule has 210 valence electrons. The van der Waals surface area contributed by atoms with Crippen LogP contribution in [-0.2, 0) is 14.8 Å². The Hall–Kier alpha value is -2.63. The van der Waals surface area contributed by atoms with Gasteiger partial charge in [0.2, 0.25) is 15.9 Å². The second kappa shape index (κ2) is 8.68. The number of aromatic hydroxyl groups is 2. The SMILES string of the molecule is NC1(CNC(=O)C2CN(S(=O)(=O)c3ccc(-n4c(O)ccc4O)nc3)CC23CCC3)C2CC3CC(C2)CC1C3. The number of carbonyl (C=O) groups excluding carboxylic acids is 1. The lowest BCUT2D eigenvalue weighted by Crippen LogP contribution is -2.67. The van der Waals surface area contributed by atoms with Gasteiger partial charge in [0, 0.05) is 43.5 Å². The van der Waals surface area contributed by atoms with Crippen LogP contribution in [0.5, 0.6) is 11.8 Å². The lowest BCUT2D eigenvalue weighted by molar-refractivity contribution is -0.131. The molecule has 2 aromatic heterocycles. The molecule has 1 spiro atoms. The van der Waals surface area contributed by atoms with E-state index in [4.69, 9.17) is 5.73 Å². The maximum Gasteiger partial charge on any atom is 0.244 e. The van der Waals surface area contributed by atoms with Crippen molar-refractivity contribution in [3.05, 3.63) is 30.5 Å². The van der Waals surface area contributed by atoms with E-state index < -0.39 is 15.9 Å². The number of carbonyl (C=O) groups is 1. The van der Waals surface area contributed by atoms with Crippen molar-refractivity contribution in [1.82, 2.24) is 19.2 Å². The van der Waals surface area contributed by atoms with E-state index in [9.17, 15) is 23.4 Å². The molecule has 39 heavy (non-hydrogen) atoms. The van der Waals surface area contributed by atoms with E-state index in [2.05, 4.69) is 10.3 Å². The van der Waals surface area contributed by atoms with Gasteiger partial charge in [0.1, 0.15) is 10.7 Å². The Kier molecular flexibility index (Phi) is 5.64. The molecule has 10 nitrogen and oxygen atoms in total. The molecule has 6 fully saturated rings. The third-order valence-electron chi connectivity index (χ3n) is 10.9. The molecule has 0 aromatic carbocycles. The zero-order chi connectivity index (χ0) is 27.2. The van der Waals surface area contributed by atoms with E-state index in [-0.39, 0.29) is 45.9 Å². The zero-order valence-electron chi connectivity index (χ0n) is 22.0. The highest BCUT2D eigenvalue weighted by Gasteiger charge is 2.58. The highest BCUT2D eigenvalue weighted by molar-refractivity contribution is 7.89. The minimum absolute atomic E-state index is 0.0161. The van der Waals surface area contributed by atoms with Gasteiger partial charge in [-0.2, -0.15) is 4.31 Å². The monoisotopic (exact) mass is 555 g/mol. The van der Waals surface area contributed by atoms with Gasteiger partial charge in [-0.25, -0.2) is 18.0 Å². The van der Waals surface area contributed by atoms with Gasteiger partial charge < -0.3 is 21.3 Å². The van der Waals surface area contributed by atoms with Crippen LogP contribution < -0.4 is 11.1 Å². The average Bonchev–Trinajstić information content (AvgIpc) is 3.47. The molecular formula is C28H37N5O5S. The van der Waals surface area contributed by atoms with Crippen molar-refractivity contribution >= 4 is 15.9 Å². The van der Waals surface area contributed by atoms with Crippen molar-refractivity contribution in [2.45, 2.75) is 61.8 Å². The number of rotatable bonds is 6. The van der Waals surface area contributed by atoms with Crippen LogP contribution in [-0.4, -0.2) is 63.6 Å². The fourth-order valence-corrected chi connectivity index (χ4v) is 10.3. The Morgan fingerprint density at radius 2 is 1.67 bits per heavy atom. The van der Waals surface area contributed by atoms with Crippen LogP contribution in [0.3, 0.4) is 0 Å². The Bertz CT molecular complexity index is 1350. The first-order valence-corrected chi connectivity index (χ1v) is 15.7. The van der Waals surface area contributed by atoms with Crippen LogP contribution >= 0.6 is 0 Å². The predicted molar refractivity (Wildman–Crippen MR) is 142 cm³/mol. The van der Waals surface area contributed by atoms with Crippen molar-refractivity contribution in [3.8, 4) is 17.6 Å². The van der Waals surface area contributed by atoms with Crippen molar-refractivity contribution < 1.29 is 23.4 Å². The van der Waals surface area contributed by atoms with Crippen LogP contribution in [0.25, 0.3) is 5.82 Å². The highest BCUT2D eigenvalue weighted by atomic mass is 32.2. The van der Waals surface area contributed by atoms with Crippen molar-refractivity contribution in [1.29, 1.82) is 0 Å². The van der Waals surface area contributed by atoms with Crippen molar-refractivity contribution in [2.24, 2.45) is 40.7 Å². The predicted octanol–water partition coefficient (Wildman–Crippen LogP) is 2.34. The number of pyridine rings is 1. The molecule has 5 aliphatic carbocycles. The molecule has 4 bridgehead atoms. The number of nitrogens with zero attached hydrogens (tertiary/aromatic N) is 3. The summed E-state index contributed by atoms with van der Waals surface area (Å²) in [7, 11) is -3.89. The lowest BCUT2D eigenvalue weighted by Gasteiger charge is -2.60. The summed E-state index contributed by atoms with van der Waals surface area (Å²) < 4.78 is 29.8. The molecule has 5 saturated carbocycles. The first kappa shape index (κ1) is 25.3. The smallest absolute Gasteiger partial charge is 0.244 e. The third-order valence-corrected chi connectivity index (χ3v) is 12.7. The molecule has 1 atom stereocenters. The first-order valence-electron chi connectivity index (χ1n) is 14.2. The van der Waals surface area contributed by atoms with Crippen LogP contribution in [0.15, 0.2) is 35.4 Å². The number of nitrogens with two attached hydrogens (primary N) is 1. The Labute approximate surface area is 228 Å². The topological polar surface area (TPSA) is 151 Å². The quantitative estimate of drug-likeness (QED) is 0.427. The summed E-state index contributed by atoms with van der Waals surface area (Å²) in [6, 6.07) is 5.51. The molecular weight excluding hydrogens is 518 g/mol. The minimum Gasteiger partial charge on any atom is -0.494 e. The minimum atomic E-state index is -3.89. The van der Waals surface area contributed by atoms with Gasteiger partial charge in [-0.1, -0.05) is 6.42 Å². The molecule has 6 aliphatic rings.